The molecular formula is C24H23ClN6O3. The van der Waals surface area contributed by atoms with Gasteiger partial charge in [-0.15, -0.1) is 0 Å². The van der Waals surface area contributed by atoms with Crippen molar-refractivity contribution >= 4 is 17.5 Å². The summed E-state index contributed by atoms with van der Waals surface area (Å²) >= 11 is 6.04. The van der Waals surface area contributed by atoms with Crippen molar-refractivity contribution in [2.75, 3.05) is 26.2 Å². The molecule has 1 aliphatic rings. The topological polar surface area (TPSA) is 101 Å². The summed E-state index contributed by atoms with van der Waals surface area (Å²) in [5.74, 6) is 2.15. The predicted molar refractivity (Wildman–Crippen MR) is 125 cm³/mol. The third-order valence-electron chi connectivity index (χ3n) is 5.68. The van der Waals surface area contributed by atoms with Crippen LogP contribution in [0.1, 0.15) is 18.1 Å². The average Bonchev–Trinajstić information content (AvgIpc) is 3.54. The second kappa shape index (κ2) is 10.1. The van der Waals surface area contributed by atoms with E-state index in [2.05, 4.69) is 25.2 Å². The smallest absolute Gasteiger partial charge is 0.258 e. The van der Waals surface area contributed by atoms with E-state index in [1.165, 1.54) is 0 Å². The summed E-state index contributed by atoms with van der Waals surface area (Å²) < 4.78 is 10.7. The Morgan fingerprint density at radius 2 is 1.71 bits per heavy atom. The highest BCUT2D eigenvalue weighted by Gasteiger charge is 2.23. The van der Waals surface area contributed by atoms with Crippen molar-refractivity contribution in [3.63, 3.8) is 0 Å². The molecule has 1 fully saturated rings. The van der Waals surface area contributed by atoms with Crippen molar-refractivity contribution in [3.05, 3.63) is 71.3 Å². The van der Waals surface area contributed by atoms with Crippen molar-refractivity contribution in [1.29, 1.82) is 0 Å². The van der Waals surface area contributed by atoms with Gasteiger partial charge in [0.05, 0.1) is 6.54 Å². The van der Waals surface area contributed by atoms with E-state index >= 15 is 0 Å². The predicted octanol–water partition coefficient (Wildman–Crippen LogP) is 3.72. The van der Waals surface area contributed by atoms with Crippen LogP contribution in [0.4, 0.5) is 0 Å². The molecule has 3 heterocycles. The third kappa shape index (κ3) is 5.32. The summed E-state index contributed by atoms with van der Waals surface area (Å²) in [6.45, 7) is 3.35. The molecule has 1 saturated heterocycles. The second-order valence-corrected chi connectivity index (χ2v) is 8.50. The van der Waals surface area contributed by atoms with E-state index in [1.807, 2.05) is 47.4 Å². The summed E-state index contributed by atoms with van der Waals surface area (Å²) in [5, 5.41) is 8.71. The molecule has 0 atom stereocenters. The standard InChI is InChI=1S/C24H23ClN6O3/c25-19-8-4-7-18(15-19)24-26-20(28-34-24)16-30-11-13-31(14-12-30)22(32)10-9-21-27-23(29-33-21)17-5-2-1-3-6-17/h1-8,15H,9-14,16H2. The average molecular weight is 479 g/mol. The zero-order valence-electron chi connectivity index (χ0n) is 18.4. The molecule has 2 aromatic carbocycles. The quantitative estimate of drug-likeness (QED) is 0.396. The van der Waals surface area contributed by atoms with Gasteiger partial charge in [-0.05, 0) is 18.2 Å². The van der Waals surface area contributed by atoms with Gasteiger partial charge in [0.25, 0.3) is 5.89 Å². The first-order valence-electron chi connectivity index (χ1n) is 11.1. The van der Waals surface area contributed by atoms with E-state index in [-0.39, 0.29) is 5.91 Å². The fourth-order valence-electron chi connectivity index (χ4n) is 3.85. The molecule has 0 radical (unpaired) electrons. The zero-order chi connectivity index (χ0) is 23.3. The number of aryl methyl sites for hydroxylation is 1. The van der Waals surface area contributed by atoms with Crippen LogP contribution in [0, 0.1) is 0 Å². The number of carbonyl (C=O) groups is 1. The third-order valence-corrected chi connectivity index (χ3v) is 5.92. The van der Waals surface area contributed by atoms with Crippen LogP contribution in [-0.2, 0) is 17.8 Å². The Hall–Kier alpha value is -3.56. The maximum absolute atomic E-state index is 12.7. The molecular weight excluding hydrogens is 456 g/mol. The van der Waals surface area contributed by atoms with Crippen molar-refractivity contribution in [2.45, 2.75) is 19.4 Å². The van der Waals surface area contributed by atoms with E-state index in [0.717, 1.165) is 24.2 Å². The lowest BCUT2D eigenvalue weighted by atomic mass is 10.2. The van der Waals surface area contributed by atoms with Gasteiger partial charge in [-0.1, -0.05) is 58.3 Å². The summed E-state index contributed by atoms with van der Waals surface area (Å²) in [6.07, 6.45) is 0.762. The van der Waals surface area contributed by atoms with Crippen molar-refractivity contribution in [1.82, 2.24) is 30.1 Å². The Bertz CT molecular complexity index is 1250. The number of piperazine rings is 1. The van der Waals surface area contributed by atoms with Gasteiger partial charge in [-0.3, -0.25) is 9.69 Å². The Kier molecular flexibility index (Phi) is 6.64. The molecule has 10 heteroatoms. The molecule has 5 rings (SSSR count). The summed E-state index contributed by atoms with van der Waals surface area (Å²) in [7, 11) is 0. The maximum Gasteiger partial charge on any atom is 0.258 e. The molecule has 0 aliphatic carbocycles. The monoisotopic (exact) mass is 478 g/mol. The van der Waals surface area contributed by atoms with Gasteiger partial charge in [0.1, 0.15) is 0 Å². The number of nitrogens with zero attached hydrogens (tertiary/aromatic N) is 6. The van der Waals surface area contributed by atoms with Gasteiger partial charge in [0, 0.05) is 55.2 Å². The van der Waals surface area contributed by atoms with E-state index in [1.54, 1.807) is 12.1 Å². The Labute approximate surface area is 201 Å². The summed E-state index contributed by atoms with van der Waals surface area (Å²) in [4.78, 5) is 25.6. The molecule has 1 amide bonds. The van der Waals surface area contributed by atoms with Crippen LogP contribution in [0.3, 0.4) is 0 Å². The van der Waals surface area contributed by atoms with Gasteiger partial charge in [-0.2, -0.15) is 9.97 Å². The Balaban J connectivity index is 1.08. The number of rotatable bonds is 7. The fourth-order valence-corrected chi connectivity index (χ4v) is 4.04. The lowest BCUT2D eigenvalue weighted by Gasteiger charge is -2.34. The van der Waals surface area contributed by atoms with Crippen molar-refractivity contribution in [3.8, 4) is 22.8 Å². The van der Waals surface area contributed by atoms with Gasteiger partial charge in [0.2, 0.25) is 17.6 Å². The normalized spacial score (nSPS) is 14.4. The van der Waals surface area contributed by atoms with Gasteiger partial charge in [-0.25, -0.2) is 0 Å². The SMILES string of the molecule is O=C(CCc1nc(-c2ccccc2)no1)N1CCN(Cc2noc(-c3cccc(Cl)c3)n2)CC1. The first-order chi connectivity index (χ1) is 16.6. The highest BCUT2D eigenvalue weighted by Crippen LogP contribution is 2.21. The minimum absolute atomic E-state index is 0.0851. The van der Waals surface area contributed by atoms with E-state index in [9.17, 15) is 4.79 Å². The van der Waals surface area contributed by atoms with Crippen LogP contribution in [0.5, 0.6) is 0 Å². The molecule has 174 valence electrons. The number of amides is 1. The molecule has 34 heavy (non-hydrogen) atoms. The molecule has 4 aromatic rings. The van der Waals surface area contributed by atoms with Crippen LogP contribution < -0.4 is 0 Å². The second-order valence-electron chi connectivity index (χ2n) is 8.06. The number of halogens is 1. The van der Waals surface area contributed by atoms with Crippen LogP contribution >= 0.6 is 11.6 Å². The van der Waals surface area contributed by atoms with Crippen molar-refractivity contribution < 1.29 is 13.8 Å². The first kappa shape index (κ1) is 22.2. The van der Waals surface area contributed by atoms with Gasteiger partial charge in [0.15, 0.2) is 5.82 Å². The highest BCUT2D eigenvalue weighted by molar-refractivity contribution is 6.30. The Morgan fingerprint density at radius 1 is 0.912 bits per heavy atom. The molecule has 0 spiro atoms. The van der Waals surface area contributed by atoms with Gasteiger partial charge < -0.3 is 13.9 Å². The molecule has 0 saturated carbocycles. The number of carbonyl (C=O) groups excluding carboxylic acids is 1. The molecule has 2 aromatic heterocycles. The first-order valence-corrected chi connectivity index (χ1v) is 11.5. The van der Waals surface area contributed by atoms with E-state index in [0.29, 0.717) is 60.9 Å². The number of benzene rings is 2. The molecule has 0 N–H and O–H groups in total. The summed E-state index contributed by atoms with van der Waals surface area (Å²) in [6, 6.07) is 16.9. The summed E-state index contributed by atoms with van der Waals surface area (Å²) in [5.41, 5.74) is 1.68. The lowest BCUT2D eigenvalue weighted by Crippen LogP contribution is -2.48. The minimum Gasteiger partial charge on any atom is -0.340 e. The number of aromatic nitrogens is 4. The van der Waals surface area contributed by atoms with Crippen LogP contribution in [0.2, 0.25) is 5.02 Å². The molecule has 1 aliphatic heterocycles. The Morgan fingerprint density at radius 3 is 2.50 bits per heavy atom. The van der Waals surface area contributed by atoms with Crippen LogP contribution in [-0.4, -0.2) is 62.2 Å². The number of hydrogen-bond donors (Lipinski definition) is 0. The maximum atomic E-state index is 12.7. The van der Waals surface area contributed by atoms with Gasteiger partial charge >= 0.3 is 0 Å². The highest BCUT2D eigenvalue weighted by atomic mass is 35.5. The fraction of sp³-hybridized carbons (Fsp3) is 0.292. The zero-order valence-corrected chi connectivity index (χ0v) is 19.2. The minimum atomic E-state index is 0.0851. The van der Waals surface area contributed by atoms with Crippen molar-refractivity contribution in [2.24, 2.45) is 0 Å². The molecule has 0 bridgehead atoms. The van der Waals surface area contributed by atoms with E-state index in [4.69, 9.17) is 20.6 Å². The largest absolute Gasteiger partial charge is 0.340 e. The number of hydrogen-bond acceptors (Lipinski definition) is 8. The van der Waals surface area contributed by atoms with Crippen LogP contribution in [0.15, 0.2) is 63.6 Å². The molecule has 9 nitrogen and oxygen atoms in total. The lowest BCUT2D eigenvalue weighted by molar-refractivity contribution is -0.133. The van der Waals surface area contributed by atoms with Crippen LogP contribution in [0.25, 0.3) is 22.8 Å². The van der Waals surface area contributed by atoms with E-state index < -0.39 is 0 Å². The molecule has 0 unspecified atom stereocenters.